The summed E-state index contributed by atoms with van der Waals surface area (Å²) in [6.45, 7) is 4.75. The number of rotatable bonds is 7. The Balaban J connectivity index is 1.11. The van der Waals surface area contributed by atoms with Crippen LogP contribution < -0.4 is 10.1 Å². The molecule has 0 unspecified atom stereocenters. The third kappa shape index (κ3) is 6.62. The minimum absolute atomic E-state index is 0.101. The van der Waals surface area contributed by atoms with Crippen molar-refractivity contribution in [2.24, 2.45) is 0 Å². The van der Waals surface area contributed by atoms with Gasteiger partial charge in [-0.05, 0) is 74.2 Å². The van der Waals surface area contributed by atoms with Crippen LogP contribution in [0.2, 0.25) is 5.02 Å². The first-order valence-electron chi connectivity index (χ1n) is 14.0. The van der Waals surface area contributed by atoms with Gasteiger partial charge in [0.05, 0.1) is 22.6 Å². The van der Waals surface area contributed by atoms with Crippen molar-refractivity contribution >= 4 is 50.6 Å². The fraction of sp³-hybridized carbons (Fsp3) is 0.355. The van der Waals surface area contributed by atoms with Gasteiger partial charge in [0.2, 0.25) is 0 Å². The fourth-order valence-electron chi connectivity index (χ4n) is 5.28. The molecule has 1 amide bonds. The molecule has 5 heterocycles. The van der Waals surface area contributed by atoms with Gasteiger partial charge >= 0.3 is 0 Å². The zero-order chi connectivity index (χ0) is 28.0. The summed E-state index contributed by atoms with van der Waals surface area (Å²) >= 11 is 8.15. The van der Waals surface area contributed by atoms with Crippen LogP contribution >= 0.6 is 22.9 Å². The number of carbonyl (C=O) groups excluding carboxylic acids is 1. The molecule has 3 aromatic heterocycles. The Labute approximate surface area is 248 Å². The number of aromatic nitrogens is 3. The molecular formula is C31H31ClN6O2S. The standard InChI is InChI=1S/C31H31ClN6O2S/c32-25-18-22(10-11-26(25)40-20-23-8-2-4-13-33-23)36-30-29-24-12-17-38(19-27(24)41-31(29)35-21-34-30)28(39)9-3-7-16-37-14-5-1-6-15-37/h2,4,8,10-11,13,18,21H,1,5-7,12,14-17,19-20H2,(H,34,35,36). The number of hydrogen-bond acceptors (Lipinski definition) is 8. The number of nitrogens with zero attached hydrogens (tertiary/aromatic N) is 5. The van der Waals surface area contributed by atoms with Crippen LogP contribution in [0.5, 0.6) is 5.75 Å². The summed E-state index contributed by atoms with van der Waals surface area (Å²) < 4.78 is 5.86. The maximum absolute atomic E-state index is 12.8. The van der Waals surface area contributed by atoms with Crippen LogP contribution in [0.25, 0.3) is 10.2 Å². The SMILES string of the molecule is O=C(C#CCCN1CCCCC1)N1CCc2c(sc3ncnc(Nc4ccc(OCc5ccccn5)c(Cl)c4)c23)C1. The number of thiophene rings is 1. The van der Waals surface area contributed by atoms with E-state index >= 15 is 0 Å². The molecule has 1 saturated heterocycles. The molecule has 2 aliphatic rings. The van der Waals surface area contributed by atoms with Gasteiger partial charge in [-0.15, -0.1) is 11.3 Å². The lowest BCUT2D eigenvalue weighted by Gasteiger charge is -2.25. The maximum atomic E-state index is 12.8. The molecule has 0 atom stereocenters. The van der Waals surface area contributed by atoms with Crippen LogP contribution in [0.3, 0.4) is 0 Å². The van der Waals surface area contributed by atoms with Crippen LogP contribution in [-0.2, 0) is 24.4 Å². The summed E-state index contributed by atoms with van der Waals surface area (Å²) in [6.07, 6.45) is 8.63. The summed E-state index contributed by atoms with van der Waals surface area (Å²) in [6, 6.07) is 11.3. The molecule has 6 rings (SSSR count). The van der Waals surface area contributed by atoms with E-state index in [2.05, 4.69) is 37.0 Å². The van der Waals surface area contributed by atoms with E-state index in [1.807, 2.05) is 41.3 Å². The van der Waals surface area contributed by atoms with E-state index < -0.39 is 0 Å². The average Bonchev–Trinajstić information content (AvgIpc) is 3.39. The number of amides is 1. The number of fused-ring (bicyclic) bond motifs is 3. The van der Waals surface area contributed by atoms with Crippen LogP contribution in [-0.4, -0.2) is 56.8 Å². The molecule has 10 heteroatoms. The van der Waals surface area contributed by atoms with Crippen LogP contribution in [0.1, 0.15) is 41.8 Å². The van der Waals surface area contributed by atoms with E-state index in [9.17, 15) is 4.79 Å². The number of ether oxygens (including phenoxy) is 1. The molecular weight excluding hydrogens is 556 g/mol. The van der Waals surface area contributed by atoms with Crippen molar-refractivity contribution in [1.82, 2.24) is 24.8 Å². The van der Waals surface area contributed by atoms with Gasteiger partial charge in [0.25, 0.3) is 5.91 Å². The molecule has 0 spiro atoms. The van der Waals surface area contributed by atoms with Gasteiger partial charge in [-0.1, -0.05) is 30.0 Å². The van der Waals surface area contributed by atoms with Gasteiger partial charge in [-0.25, -0.2) is 9.97 Å². The lowest BCUT2D eigenvalue weighted by molar-refractivity contribution is -0.125. The first-order valence-corrected chi connectivity index (χ1v) is 15.2. The Morgan fingerprint density at radius 3 is 2.83 bits per heavy atom. The predicted molar refractivity (Wildman–Crippen MR) is 163 cm³/mol. The summed E-state index contributed by atoms with van der Waals surface area (Å²) in [4.78, 5) is 32.5. The third-order valence-corrected chi connectivity index (χ3v) is 8.84. The summed E-state index contributed by atoms with van der Waals surface area (Å²) in [5.74, 6) is 7.19. The quantitative estimate of drug-likeness (QED) is 0.273. The highest BCUT2D eigenvalue weighted by Crippen LogP contribution is 2.38. The predicted octanol–water partition coefficient (Wildman–Crippen LogP) is 5.83. The number of carbonyl (C=O) groups is 1. The number of likely N-dealkylation sites (tertiary alicyclic amines) is 1. The summed E-state index contributed by atoms with van der Waals surface area (Å²) in [5, 5.41) is 4.91. The second-order valence-corrected chi connectivity index (χ2v) is 11.7. The zero-order valence-electron chi connectivity index (χ0n) is 22.7. The number of anilines is 2. The first kappa shape index (κ1) is 27.5. The molecule has 8 nitrogen and oxygen atoms in total. The fourth-order valence-corrected chi connectivity index (χ4v) is 6.72. The second kappa shape index (κ2) is 12.9. The molecule has 2 aliphatic heterocycles. The maximum Gasteiger partial charge on any atom is 0.298 e. The lowest BCUT2D eigenvalue weighted by Crippen LogP contribution is -2.34. The van der Waals surface area contributed by atoms with Crippen molar-refractivity contribution in [1.29, 1.82) is 0 Å². The number of hydrogen-bond donors (Lipinski definition) is 1. The third-order valence-electron chi connectivity index (χ3n) is 7.42. The topological polar surface area (TPSA) is 83.5 Å². The highest BCUT2D eigenvalue weighted by atomic mass is 35.5. The molecule has 1 N–H and O–H groups in total. The molecule has 0 bridgehead atoms. The minimum Gasteiger partial charge on any atom is -0.486 e. The van der Waals surface area contributed by atoms with Gasteiger partial charge in [-0.3, -0.25) is 9.78 Å². The molecule has 0 radical (unpaired) electrons. The van der Waals surface area contributed by atoms with Gasteiger partial charge < -0.3 is 19.9 Å². The largest absolute Gasteiger partial charge is 0.486 e. The lowest BCUT2D eigenvalue weighted by atomic mass is 10.0. The van der Waals surface area contributed by atoms with Crippen molar-refractivity contribution in [2.45, 2.75) is 45.3 Å². The first-order chi connectivity index (χ1) is 20.1. The van der Waals surface area contributed by atoms with E-state index in [0.717, 1.165) is 64.8 Å². The Hall–Kier alpha value is -3.71. The Bertz CT molecular complexity index is 1590. The molecule has 4 aromatic rings. The van der Waals surface area contributed by atoms with Crippen LogP contribution in [0, 0.1) is 11.8 Å². The van der Waals surface area contributed by atoms with E-state index in [-0.39, 0.29) is 5.91 Å². The van der Waals surface area contributed by atoms with Gasteiger partial charge in [-0.2, -0.15) is 0 Å². The smallest absolute Gasteiger partial charge is 0.298 e. The Morgan fingerprint density at radius 1 is 1.10 bits per heavy atom. The van der Waals surface area contributed by atoms with Crippen molar-refractivity contribution in [2.75, 3.05) is 31.5 Å². The average molecular weight is 587 g/mol. The summed E-state index contributed by atoms with van der Waals surface area (Å²) in [7, 11) is 0. The monoisotopic (exact) mass is 586 g/mol. The number of piperidine rings is 1. The van der Waals surface area contributed by atoms with Crippen molar-refractivity contribution in [3.63, 3.8) is 0 Å². The highest BCUT2D eigenvalue weighted by Gasteiger charge is 2.26. The molecule has 41 heavy (non-hydrogen) atoms. The Kier molecular flexibility index (Phi) is 8.61. The minimum atomic E-state index is -0.101. The Morgan fingerprint density at radius 2 is 2.00 bits per heavy atom. The van der Waals surface area contributed by atoms with E-state index in [1.165, 1.54) is 24.8 Å². The number of benzene rings is 1. The number of pyridine rings is 1. The summed E-state index contributed by atoms with van der Waals surface area (Å²) in [5.41, 5.74) is 2.82. The van der Waals surface area contributed by atoms with Crippen molar-refractivity contribution in [3.8, 4) is 17.6 Å². The molecule has 1 aromatic carbocycles. The van der Waals surface area contributed by atoms with Crippen LogP contribution in [0.4, 0.5) is 11.5 Å². The molecule has 0 aliphatic carbocycles. The van der Waals surface area contributed by atoms with E-state index in [1.54, 1.807) is 23.9 Å². The van der Waals surface area contributed by atoms with Gasteiger partial charge in [0.1, 0.15) is 29.3 Å². The van der Waals surface area contributed by atoms with Gasteiger partial charge in [0.15, 0.2) is 0 Å². The van der Waals surface area contributed by atoms with E-state index in [0.29, 0.717) is 30.5 Å². The van der Waals surface area contributed by atoms with Gasteiger partial charge in [0, 0.05) is 36.3 Å². The molecule has 210 valence electrons. The highest BCUT2D eigenvalue weighted by molar-refractivity contribution is 7.19. The zero-order valence-corrected chi connectivity index (χ0v) is 24.3. The molecule has 1 fully saturated rings. The number of halogens is 1. The van der Waals surface area contributed by atoms with Crippen molar-refractivity contribution < 1.29 is 9.53 Å². The number of nitrogens with one attached hydrogen (secondary N) is 1. The van der Waals surface area contributed by atoms with E-state index in [4.69, 9.17) is 16.3 Å². The second-order valence-electron chi connectivity index (χ2n) is 10.2. The molecule has 0 saturated carbocycles. The van der Waals surface area contributed by atoms with Crippen molar-refractivity contribution in [3.05, 3.63) is 70.1 Å². The van der Waals surface area contributed by atoms with Crippen LogP contribution in [0.15, 0.2) is 48.9 Å². The normalized spacial score (nSPS) is 15.2.